The first-order chi connectivity index (χ1) is 3.81. The van der Waals surface area contributed by atoms with Gasteiger partial charge in [0.05, 0.1) is 7.11 Å². The van der Waals surface area contributed by atoms with Crippen LogP contribution in [-0.4, -0.2) is 33.7 Å². The van der Waals surface area contributed by atoms with Gasteiger partial charge in [0.1, 0.15) is 0 Å². The average Bonchev–Trinajstić information content (AvgIpc) is 1.91. The first kappa shape index (κ1) is 11.1. The van der Waals surface area contributed by atoms with Gasteiger partial charge in [-0.05, 0) is 0 Å². The molecule has 0 aliphatic heterocycles. The van der Waals surface area contributed by atoms with Crippen molar-refractivity contribution in [2.24, 2.45) is 0 Å². The van der Waals surface area contributed by atoms with Crippen molar-refractivity contribution in [1.82, 2.24) is 0 Å². The van der Waals surface area contributed by atoms with Crippen LogP contribution in [0.1, 0.15) is 0 Å². The third-order valence-electron chi connectivity index (χ3n) is 0.368. The third-order valence-corrected chi connectivity index (χ3v) is 0.368. The maximum atomic E-state index is 9.84. The Morgan fingerprint density at radius 3 is 2.25 bits per heavy atom. The van der Waals surface area contributed by atoms with Gasteiger partial charge in [-0.15, -0.1) is 0 Å². The van der Waals surface area contributed by atoms with Crippen LogP contribution in [0.2, 0.25) is 0 Å². The van der Waals surface area contributed by atoms with Crippen molar-refractivity contribution >= 4 is 35.8 Å². The fraction of sp³-hybridized carbons (Fsp3) is 0.250. The first-order valence-electron chi connectivity index (χ1n) is 1.72. The monoisotopic (exact) mass is 238 g/mol. The summed E-state index contributed by atoms with van der Waals surface area (Å²) in [6, 6.07) is 0. The molecule has 0 amide bonds. The molecule has 0 aromatic heterocycles. The molecule has 0 aliphatic rings. The van der Waals surface area contributed by atoms with Crippen LogP contribution in [0.25, 0.3) is 0 Å². The van der Waals surface area contributed by atoms with E-state index in [4.69, 9.17) is 0 Å². The van der Waals surface area contributed by atoms with E-state index in [2.05, 4.69) is 20.6 Å². The van der Waals surface area contributed by atoms with E-state index < -0.39 is 5.97 Å². The molecule has 0 N–H and O–H groups in total. The summed E-state index contributed by atoms with van der Waals surface area (Å²) >= 11 is 1.13. The van der Waals surface area contributed by atoms with Crippen LogP contribution < -0.4 is 0 Å². The summed E-state index contributed by atoms with van der Waals surface area (Å²) in [5, 5.41) is 0. The molecule has 8 heavy (non-hydrogen) atoms. The molecular weight excluding hydrogens is 231 g/mol. The standard InChI is InChI=1S/C4H6O2.S.Sn/c1-3-4(5)6-2;;/h3H,1H2,2H3;;. The average molecular weight is 237 g/mol. The van der Waals surface area contributed by atoms with Gasteiger partial charge in [0, 0.05) is 6.08 Å². The molecule has 0 saturated heterocycles. The molecule has 0 saturated carbocycles. The van der Waals surface area contributed by atoms with Crippen LogP contribution in [0.5, 0.6) is 0 Å². The summed E-state index contributed by atoms with van der Waals surface area (Å²) in [5.41, 5.74) is 0. The molecule has 0 aromatic rings. The predicted molar refractivity (Wildman–Crippen MR) is 35.6 cm³/mol. The van der Waals surface area contributed by atoms with Crippen LogP contribution in [-0.2, 0) is 9.53 Å². The number of methoxy groups -OCH3 is 1. The molecule has 0 rings (SSSR count). The Kier molecular flexibility index (Phi) is 14.2. The Hall–Kier alpha value is 0.229. The molecule has 2 nitrogen and oxygen atoms in total. The zero-order valence-electron chi connectivity index (χ0n) is 4.51. The van der Waals surface area contributed by atoms with E-state index in [9.17, 15) is 4.79 Å². The minimum absolute atomic E-state index is 0.394. The van der Waals surface area contributed by atoms with Crippen LogP contribution in [0.15, 0.2) is 12.7 Å². The summed E-state index contributed by atoms with van der Waals surface area (Å²) in [5.74, 6) is -0.394. The third kappa shape index (κ3) is 9.52. The van der Waals surface area contributed by atoms with Crippen molar-refractivity contribution in [2.75, 3.05) is 7.11 Å². The van der Waals surface area contributed by atoms with Crippen molar-refractivity contribution in [3.8, 4) is 0 Å². The Labute approximate surface area is 65.2 Å². The fourth-order valence-corrected chi connectivity index (χ4v) is 0.0833. The van der Waals surface area contributed by atoms with Gasteiger partial charge in [-0.25, -0.2) is 4.79 Å². The van der Waals surface area contributed by atoms with Gasteiger partial charge in [0.2, 0.25) is 0 Å². The van der Waals surface area contributed by atoms with Gasteiger partial charge >= 0.3 is 35.8 Å². The second-order valence-corrected chi connectivity index (χ2v) is 0.727. The Morgan fingerprint density at radius 2 is 2.25 bits per heavy atom. The van der Waals surface area contributed by atoms with E-state index in [0.29, 0.717) is 0 Å². The molecule has 0 atom stereocenters. The van der Waals surface area contributed by atoms with Crippen LogP contribution in [0.3, 0.4) is 0 Å². The number of rotatable bonds is 1. The summed E-state index contributed by atoms with van der Waals surface area (Å²) in [4.78, 5) is 9.84. The molecule has 0 fully saturated rings. The van der Waals surface area contributed by atoms with E-state index in [0.717, 1.165) is 26.7 Å². The van der Waals surface area contributed by atoms with Gasteiger partial charge in [0.25, 0.3) is 0 Å². The van der Waals surface area contributed by atoms with E-state index in [1.807, 2.05) is 0 Å². The molecule has 0 aromatic carbocycles. The predicted octanol–water partition coefficient (Wildman–Crippen LogP) is 0.613. The minimum atomic E-state index is -0.394. The molecule has 0 heterocycles. The second-order valence-electron chi connectivity index (χ2n) is 0.727. The quantitative estimate of drug-likeness (QED) is 0.379. The van der Waals surface area contributed by atoms with Crippen molar-refractivity contribution in [3.05, 3.63) is 12.7 Å². The van der Waals surface area contributed by atoms with Crippen LogP contribution in [0.4, 0.5) is 0 Å². The number of carbonyl (C=O) groups is 1. The maximum absolute atomic E-state index is 9.84. The number of carbonyl (C=O) groups excluding carboxylic acids is 1. The zero-order chi connectivity index (χ0) is 6.99. The Bertz CT molecular complexity index is 84.1. The molecule has 0 bridgehead atoms. The van der Waals surface area contributed by atoms with Crippen molar-refractivity contribution in [3.63, 3.8) is 0 Å². The normalized spacial score (nSPS) is 5.62. The molecule has 44 valence electrons. The van der Waals surface area contributed by atoms with E-state index >= 15 is 0 Å². The summed E-state index contributed by atoms with van der Waals surface area (Å²) < 4.78 is 4.14. The summed E-state index contributed by atoms with van der Waals surface area (Å²) in [6.07, 6.45) is 1.11. The van der Waals surface area contributed by atoms with Crippen molar-refractivity contribution in [1.29, 1.82) is 0 Å². The second kappa shape index (κ2) is 10.3. The Balaban J connectivity index is 0. The molecule has 0 spiro atoms. The zero-order valence-corrected chi connectivity index (χ0v) is 8.18. The fourth-order valence-electron chi connectivity index (χ4n) is 0.0833. The van der Waals surface area contributed by atoms with Gasteiger partial charge in [-0.3, -0.25) is 0 Å². The van der Waals surface area contributed by atoms with E-state index in [1.165, 1.54) is 7.11 Å². The molecule has 0 aliphatic carbocycles. The topological polar surface area (TPSA) is 26.3 Å². The number of hydrogen-bond donors (Lipinski definition) is 0. The first-order valence-corrected chi connectivity index (χ1v) is 5.62. The van der Waals surface area contributed by atoms with E-state index in [-0.39, 0.29) is 0 Å². The number of hydrogen-bond acceptors (Lipinski definition) is 3. The summed E-state index contributed by atoms with van der Waals surface area (Å²) in [6.45, 7) is 3.16. The van der Waals surface area contributed by atoms with Crippen molar-refractivity contribution < 1.29 is 9.53 Å². The summed E-state index contributed by atoms with van der Waals surface area (Å²) in [7, 11) is 5.48. The SMILES string of the molecule is C=CC(=O)OC.[S]=[Sn]. The van der Waals surface area contributed by atoms with Gasteiger partial charge in [0.15, 0.2) is 0 Å². The van der Waals surface area contributed by atoms with Crippen LogP contribution >= 0.6 is 9.29 Å². The Morgan fingerprint density at radius 1 is 1.88 bits per heavy atom. The van der Waals surface area contributed by atoms with E-state index in [1.54, 1.807) is 0 Å². The number of ether oxygens (including phenoxy) is 1. The molecule has 2 radical (unpaired) electrons. The van der Waals surface area contributed by atoms with Crippen LogP contribution in [0, 0.1) is 0 Å². The van der Waals surface area contributed by atoms with Gasteiger partial charge in [-0.2, -0.15) is 0 Å². The van der Waals surface area contributed by atoms with Gasteiger partial charge in [-0.1, -0.05) is 6.58 Å². The van der Waals surface area contributed by atoms with Gasteiger partial charge < -0.3 is 4.74 Å². The van der Waals surface area contributed by atoms with Crippen molar-refractivity contribution in [2.45, 2.75) is 0 Å². The molecular formula is C4H6O2SSn. The molecule has 0 unspecified atom stereocenters. The number of esters is 1. The molecule has 4 heteroatoms.